The molecular formula is C27H27F8N5O3S. The summed E-state index contributed by atoms with van der Waals surface area (Å²) in [6.45, 7) is 2.13. The minimum atomic E-state index is -10.2. The summed E-state index contributed by atoms with van der Waals surface area (Å²) in [5, 5.41) is 12.2. The van der Waals surface area contributed by atoms with E-state index in [1.807, 2.05) is 0 Å². The molecule has 8 nitrogen and oxygen atoms in total. The maximum Gasteiger partial charge on any atom is 0.310 e. The highest BCUT2D eigenvalue weighted by molar-refractivity contribution is 8.45. The Kier molecular flexibility index (Phi) is 7.73. The van der Waals surface area contributed by atoms with Crippen molar-refractivity contribution in [3.63, 3.8) is 0 Å². The molecule has 2 fully saturated rings. The minimum Gasteiger partial charge on any atom is -0.351 e. The van der Waals surface area contributed by atoms with Gasteiger partial charge in [-0.1, -0.05) is 33.3 Å². The number of carbonyl (C=O) groups is 3. The van der Waals surface area contributed by atoms with Gasteiger partial charge in [0.25, 0.3) is 5.91 Å². The second kappa shape index (κ2) is 10.3. The van der Waals surface area contributed by atoms with Crippen molar-refractivity contribution in [1.82, 2.24) is 15.2 Å². The molecule has 2 unspecified atom stereocenters. The van der Waals surface area contributed by atoms with Crippen molar-refractivity contribution in [2.75, 3.05) is 11.4 Å². The van der Waals surface area contributed by atoms with Crippen LogP contribution in [-0.2, 0) is 14.4 Å². The number of nitrogens with zero attached hydrogens (tertiary/aromatic N) is 4. The molecule has 1 aromatic heterocycles. The van der Waals surface area contributed by atoms with Crippen molar-refractivity contribution >= 4 is 33.5 Å². The maximum atomic E-state index is 14.4. The van der Waals surface area contributed by atoms with E-state index in [1.165, 1.54) is 13.8 Å². The topological polar surface area (TPSA) is 106 Å². The molecule has 0 spiro atoms. The van der Waals surface area contributed by atoms with Gasteiger partial charge in [0.05, 0.1) is 18.2 Å². The van der Waals surface area contributed by atoms with Gasteiger partial charge in [-0.3, -0.25) is 29.2 Å². The summed E-state index contributed by atoms with van der Waals surface area (Å²) >= 11 is 0. The van der Waals surface area contributed by atoms with Crippen LogP contribution in [0.15, 0.2) is 47.6 Å². The number of halogens is 8. The molecule has 44 heavy (non-hydrogen) atoms. The zero-order valence-corrected chi connectivity index (χ0v) is 24.1. The number of carbonyl (C=O) groups excluding carboxylic acids is 3. The Morgan fingerprint density at radius 3 is 2.20 bits per heavy atom. The standard InChI is InChI=1S/C27H27F8N5O3S/c1-26(2)21(41)14-39(15-36)23(26)25(43)40(19-3-5-20(6-4-19)44(31,32,33,34)35)22(16-11-17(28)13-37-12-16)24(42)38-18-7-9-27(29,30)10-8-18/h3-6,11-13,18,22-23H,7-10,14H2,1-2H3,(H,38,42). The van der Waals surface area contributed by atoms with Crippen molar-refractivity contribution in [2.45, 2.75) is 68.5 Å². The van der Waals surface area contributed by atoms with E-state index in [9.17, 15) is 52.2 Å². The molecule has 240 valence electrons. The van der Waals surface area contributed by atoms with Gasteiger partial charge in [-0.05, 0) is 43.2 Å². The van der Waals surface area contributed by atoms with Crippen LogP contribution in [0.3, 0.4) is 0 Å². The quantitative estimate of drug-likeness (QED) is 0.274. The Balaban J connectivity index is 1.88. The molecule has 0 bridgehead atoms. The molecule has 2 amide bonds. The number of nitriles is 1. The number of rotatable bonds is 7. The highest BCUT2D eigenvalue weighted by Gasteiger charge is 2.65. The zero-order valence-electron chi connectivity index (χ0n) is 23.3. The Hall–Kier alpha value is -3.94. The number of benzene rings is 1. The Morgan fingerprint density at radius 1 is 1.09 bits per heavy atom. The molecule has 2 aromatic rings. The van der Waals surface area contributed by atoms with Crippen LogP contribution in [0.4, 0.5) is 38.3 Å². The number of likely N-dealkylation sites (tertiary alicyclic amines) is 1. The number of hydrogen-bond acceptors (Lipinski definition) is 6. The normalized spacial score (nSPS) is 22.3. The van der Waals surface area contributed by atoms with Crippen LogP contribution in [0.25, 0.3) is 0 Å². The Morgan fingerprint density at radius 2 is 1.68 bits per heavy atom. The summed E-state index contributed by atoms with van der Waals surface area (Å²) in [5.41, 5.74) is -2.45. The van der Waals surface area contributed by atoms with Gasteiger partial charge >= 0.3 is 10.2 Å². The second-order valence-corrected chi connectivity index (χ2v) is 13.8. The number of hydrogen-bond donors (Lipinski definition) is 1. The minimum absolute atomic E-state index is 0.00613. The fourth-order valence-electron chi connectivity index (χ4n) is 5.39. The number of amides is 2. The molecule has 1 aliphatic carbocycles. The largest absolute Gasteiger partial charge is 0.351 e. The van der Waals surface area contributed by atoms with E-state index in [0.29, 0.717) is 17.0 Å². The SMILES string of the molecule is CC1(C)C(=O)CN(C#N)C1C(=O)N(c1ccc(S(F)(F)(F)(F)F)cc1)C(C(=O)NC1CCC(F)(F)CC1)c1cncc(F)c1. The fourth-order valence-corrected chi connectivity index (χ4v) is 6.04. The Bertz CT molecular complexity index is 1520. The number of alkyl halides is 2. The Labute approximate surface area is 246 Å². The van der Waals surface area contributed by atoms with E-state index in [1.54, 1.807) is 6.19 Å². The lowest BCUT2D eigenvalue weighted by Gasteiger charge is -2.41. The number of nitrogens with one attached hydrogen (secondary N) is 1. The van der Waals surface area contributed by atoms with Crippen LogP contribution in [0.2, 0.25) is 0 Å². The lowest BCUT2D eigenvalue weighted by Crippen LogP contribution is -2.55. The van der Waals surface area contributed by atoms with Crippen molar-refractivity contribution in [3.8, 4) is 6.19 Å². The molecular weight excluding hydrogens is 626 g/mol. The summed E-state index contributed by atoms with van der Waals surface area (Å²) in [5.74, 6) is -6.78. The van der Waals surface area contributed by atoms with E-state index in [4.69, 9.17) is 0 Å². The number of anilines is 1. The van der Waals surface area contributed by atoms with Crippen LogP contribution in [-0.4, -0.2) is 52.0 Å². The molecule has 17 heteroatoms. The van der Waals surface area contributed by atoms with Crippen molar-refractivity contribution in [3.05, 3.63) is 54.1 Å². The zero-order chi connectivity index (χ0) is 32.9. The lowest BCUT2D eigenvalue weighted by molar-refractivity contribution is -0.132. The first-order valence-corrected chi connectivity index (χ1v) is 15.1. The van der Waals surface area contributed by atoms with E-state index in [-0.39, 0.29) is 30.5 Å². The third-order valence-electron chi connectivity index (χ3n) is 7.80. The van der Waals surface area contributed by atoms with Crippen LogP contribution < -0.4 is 10.2 Å². The predicted octanol–water partition coefficient (Wildman–Crippen LogP) is 6.41. The number of Topliss-reactive ketones (excluding diaryl/α,β-unsaturated/α-hetero) is 1. The van der Waals surface area contributed by atoms with Crippen LogP contribution in [0.1, 0.15) is 51.1 Å². The molecule has 1 aromatic carbocycles. The van der Waals surface area contributed by atoms with Crippen molar-refractivity contribution in [1.29, 1.82) is 5.26 Å². The highest BCUT2D eigenvalue weighted by Crippen LogP contribution is 3.02. The molecule has 1 saturated heterocycles. The van der Waals surface area contributed by atoms with E-state index in [2.05, 4.69) is 10.3 Å². The smallest absolute Gasteiger partial charge is 0.310 e. The third-order valence-corrected chi connectivity index (χ3v) is 8.96. The van der Waals surface area contributed by atoms with Crippen LogP contribution in [0.5, 0.6) is 0 Å². The van der Waals surface area contributed by atoms with Crippen molar-refractivity contribution in [2.24, 2.45) is 5.41 Å². The summed E-state index contributed by atoms with van der Waals surface area (Å²) in [6.07, 6.45) is 1.93. The molecule has 0 radical (unpaired) electrons. The van der Waals surface area contributed by atoms with E-state index in [0.717, 1.165) is 23.4 Å². The third kappa shape index (κ3) is 6.74. The van der Waals surface area contributed by atoms with Gasteiger partial charge in [0.15, 0.2) is 12.0 Å². The average molecular weight is 654 g/mol. The first-order chi connectivity index (χ1) is 20.0. The molecule has 1 N–H and O–H groups in total. The summed E-state index contributed by atoms with van der Waals surface area (Å²) in [6, 6.07) is -2.61. The van der Waals surface area contributed by atoms with E-state index < -0.39 is 93.1 Å². The van der Waals surface area contributed by atoms with Gasteiger partial charge in [-0.15, -0.1) is 0 Å². The first kappa shape index (κ1) is 33.0. The molecule has 1 aliphatic heterocycles. The highest BCUT2D eigenvalue weighted by atomic mass is 32.5. The number of ketones is 1. The lowest BCUT2D eigenvalue weighted by atomic mass is 9.82. The molecule has 2 heterocycles. The monoisotopic (exact) mass is 653 g/mol. The summed E-state index contributed by atoms with van der Waals surface area (Å²) < 4.78 is 109. The molecule has 1 saturated carbocycles. The first-order valence-electron chi connectivity index (χ1n) is 13.2. The van der Waals surface area contributed by atoms with Gasteiger partial charge < -0.3 is 5.32 Å². The molecule has 2 atom stereocenters. The van der Waals surface area contributed by atoms with E-state index >= 15 is 0 Å². The van der Waals surface area contributed by atoms with Gasteiger partial charge in [-0.2, -0.15) is 5.26 Å². The summed E-state index contributed by atoms with van der Waals surface area (Å²) in [7, 11) is -10.2. The second-order valence-electron chi connectivity index (χ2n) is 11.4. The fraction of sp³-hybridized carbons (Fsp3) is 0.444. The van der Waals surface area contributed by atoms with Gasteiger partial charge in [0, 0.05) is 36.3 Å². The number of pyridine rings is 1. The van der Waals surface area contributed by atoms with Gasteiger partial charge in [0.2, 0.25) is 11.8 Å². The van der Waals surface area contributed by atoms with Gasteiger partial charge in [0.1, 0.15) is 22.8 Å². The predicted molar refractivity (Wildman–Crippen MR) is 143 cm³/mol. The molecule has 2 aliphatic rings. The van der Waals surface area contributed by atoms with Crippen LogP contribution >= 0.6 is 10.2 Å². The number of aromatic nitrogens is 1. The average Bonchev–Trinajstić information content (AvgIpc) is 3.14. The molecule has 4 rings (SSSR count). The van der Waals surface area contributed by atoms with Gasteiger partial charge in [-0.25, -0.2) is 13.2 Å². The van der Waals surface area contributed by atoms with Crippen molar-refractivity contribution < 1.29 is 47.0 Å². The van der Waals surface area contributed by atoms with Crippen LogP contribution in [0, 0.1) is 22.7 Å². The summed E-state index contributed by atoms with van der Waals surface area (Å²) in [4.78, 5) is 43.6. The maximum absolute atomic E-state index is 14.4.